The molecule has 0 fully saturated rings. The molecule has 164 valence electrons. The Morgan fingerprint density at radius 1 is 0.750 bits per heavy atom. The number of anilines is 5. The topological polar surface area (TPSA) is 126 Å². The van der Waals surface area contributed by atoms with Crippen molar-refractivity contribution in [1.29, 1.82) is 0 Å². The number of hydrogen-bond acceptors (Lipinski definition) is 10. The first-order valence-electron chi connectivity index (χ1n) is 9.90. The smallest absolute Gasteiger partial charge is 0.225 e. The summed E-state index contributed by atoms with van der Waals surface area (Å²) in [4.78, 5) is 17.9. The predicted octanol–water partition coefficient (Wildman–Crippen LogP) is 3.33. The third-order valence-electron chi connectivity index (χ3n) is 4.58. The van der Waals surface area contributed by atoms with Crippen LogP contribution in [0.3, 0.4) is 0 Å². The molecule has 0 aliphatic rings. The van der Waals surface area contributed by atoms with Gasteiger partial charge in [0.15, 0.2) is 11.6 Å². The van der Waals surface area contributed by atoms with E-state index in [4.69, 9.17) is 9.47 Å². The van der Waals surface area contributed by atoms with E-state index in [1.165, 1.54) is 6.33 Å². The van der Waals surface area contributed by atoms with Crippen LogP contribution in [-0.4, -0.2) is 52.4 Å². The van der Waals surface area contributed by atoms with E-state index in [0.29, 0.717) is 35.2 Å². The molecule has 4 rings (SSSR count). The van der Waals surface area contributed by atoms with E-state index in [9.17, 15) is 5.11 Å². The minimum Gasteiger partial charge on any atom is -0.497 e. The Morgan fingerprint density at radius 2 is 1.34 bits per heavy atom. The van der Waals surface area contributed by atoms with Crippen LogP contribution in [0.4, 0.5) is 29.0 Å². The summed E-state index contributed by atoms with van der Waals surface area (Å²) in [7, 11) is 3.24. The van der Waals surface area contributed by atoms with Crippen molar-refractivity contribution in [3.05, 3.63) is 54.9 Å². The second kappa shape index (κ2) is 9.75. The third kappa shape index (κ3) is 4.76. The number of nitrogens with zero attached hydrogens (tertiary/aromatic N) is 4. The highest BCUT2D eigenvalue weighted by molar-refractivity contribution is 5.95. The molecule has 4 N–H and O–H groups in total. The molecule has 0 atom stereocenters. The summed E-state index contributed by atoms with van der Waals surface area (Å²) >= 11 is 0. The molecule has 0 bridgehead atoms. The van der Waals surface area contributed by atoms with Crippen molar-refractivity contribution in [2.75, 3.05) is 43.3 Å². The minimum absolute atomic E-state index is 0.0507. The van der Waals surface area contributed by atoms with E-state index in [1.54, 1.807) is 14.2 Å². The van der Waals surface area contributed by atoms with Gasteiger partial charge in [-0.1, -0.05) is 0 Å². The highest BCUT2D eigenvalue weighted by Gasteiger charge is 2.14. The van der Waals surface area contributed by atoms with Crippen molar-refractivity contribution in [1.82, 2.24) is 19.9 Å². The van der Waals surface area contributed by atoms with Crippen LogP contribution in [-0.2, 0) is 0 Å². The number of methoxy groups -OCH3 is 2. The molecule has 0 saturated heterocycles. The zero-order valence-electron chi connectivity index (χ0n) is 17.7. The van der Waals surface area contributed by atoms with Gasteiger partial charge in [0.25, 0.3) is 0 Å². The number of aliphatic hydroxyl groups is 1. The maximum absolute atomic E-state index is 9.19. The molecular formula is C22H23N7O3. The van der Waals surface area contributed by atoms with Crippen LogP contribution in [0.15, 0.2) is 54.9 Å². The van der Waals surface area contributed by atoms with Gasteiger partial charge in [-0.05, 0) is 48.5 Å². The normalized spacial score (nSPS) is 10.6. The van der Waals surface area contributed by atoms with E-state index < -0.39 is 0 Å². The van der Waals surface area contributed by atoms with Gasteiger partial charge in [-0.2, -0.15) is 4.98 Å². The molecule has 0 unspecified atom stereocenters. The predicted molar refractivity (Wildman–Crippen MR) is 123 cm³/mol. The van der Waals surface area contributed by atoms with Gasteiger partial charge in [-0.3, -0.25) is 0 Å². The Kier molecular flexibility index (Phi) is 6.42. The zero-order valence-corrected chi connectivity index (χ0v) is 17.7. The minimum atomic E-state index is -0.0507. The first-order chi connectivity index (χ1) is 15.7. The van der Waals surface area contributed by atoms with Crippen LogP contribution in [0.1, 0.15) is 0 Å². The van der Waals surface area contributed by atoms with E-state index >= 15 is 0 Å². The van der Waals surface area contributed by atoms with Crippen molar-refractivity contribution in [2.45, 2.75) is 0 Å². The Bertz CT molecular complexity index is 1180. The Hall–Kier alpha value is -4.18. The number of hydrogen-bond donors (Lipinski definition) is 4. The molecule has 0 radical (unpaired) electrons. The average molecular weight is 433 g/mol. The molecule has 2 aromatic carbocycles. The van der Waals surface area contributed by atoms with Gasteiger partial charge in [0, 0.05) is 17.9 Å². The summed E-state index contributed by atoms with van der Waals surface area (Å²) in [5.74, 6) is 2.87. The number of nitrogens with one attached hydrogen (secondary N) is 3. The monoisotopic (exact) mass is 433 g/mol. The number of rotatable bonds is 9. The molecule has 0 aliphatic carbocycles. The molecule has 0 saturated carbocycles. The van der Waals surface area contributed by atoms with Crippen LogP contribution in [0, 0.1) is 0 Å². The van der Waals surface area contributed by atoms with Gasteiger partial charge in [0.05, 0.1) is 20.8 Å². The van der Waals surface area contributed by atoms with Crippen LogP contribution < -0.4 is 25.4 Å². The fourth-order valence-electron chi connectivity index (χ4n) is 3.00. The van der Waals surface area contributed by atoms with Crippen LogP contribution in [0.2, 0.25) is 0 Å². The van der Waals surface area contributed by atoms with Gasteiger partial charge >= 0.3 is 0 Å². The Balaban J connectivity index is 1.73. The molecule has 0 aliphatic heterocycles. The summed E-state index contributed by atoms with van der Waals surface area (Å²) in [6.45, 7) is 0.257. The lowest BCUT2D eigenvalue weighted by Gasteiger charge is -2.14. The second-order valence-corrected chi connectivity index (χ2v) is 6.67. The van der Waals surface area contributed by atoms with Gasteiger partial charge in [-0.25, -0.2) is 15.0 Å². The largest absolute Gasteiger partial charge is 0.497 e. The maximum atomic E-state index is 9.19. The summed E-state index contributed by atoms with van der Waals surface area (Å²) in [6, 6.07) is 14.9. The fraction of sp³-hybridized carbons (Fsp3) is 0.182. The molecule has 0 spiro atoms. The number of fused-ring (bicyclic) bond motifs is 1. The summed E-state index contributed by atoms with van der Waals surface area (Å²) < 4.78 is 10.4. The molecule has 2 aromatic heterocycles. The molecule has 4 aromatic rings. The fourth-order valence-corrected chi connectivity index (χ4v) is 3.00. The van der Waals surface area contributed by atoms with Crippen molar-refractivity contribution >= 4 is 40.0 Å². The molecule has 0 amide bonds. The molecule has 10 heteroatoms. The average Bonchev–Trinajstić information content (AvgIpc) is 2.84. The third-order valence-corrected chi connectivity index (χ3v) is 4.58. The van der Waals surface area contributed by atoms with Crippen molar-refractivity contribution in [3.8, 4) is 11.5 Å². The van der Waals surface area contributed by atoms with E-state index in [2.05, 4.69) is 35.9 Å². The zero-order chi connectivity index (χ0) is 22.3. The van der Waals surface area contributed by atoms with E-state index in [1.807, 2.05) is 48.5 Å². The van der Waals surface area contributed by atoms with Crippen molar-refractivity contribution in [2.24, 2.45) is 0 Å². The first kappa shape index (κ1) is 21.1. The van der Waals surface area contributed by atoms with Crippen LogP contribution >= 0.6 is 0 Å². The van der Waals surface area contributed by atoms with Crippen LogP contribution in [0.5, 0.6) is 11.5 Å². The first-order valence-corrected chi connectivity index (χ1v) is 9.90. The summed E-state index contributed by atoms with van der Waals surface area (Å²) in [5, 5.41) is 18.7. The lowest BCUT2D eigenvalue weighted by molar-refractivity contribution is 0.311. The van der Waals surface area contributed by atoms with E-state index in [0.717, 1.165) is 22.9 Å². The van der Waals surface area contributed by atoms with Crippen molar-refractivity contribution in [3.63, 3.8) is 0 Å². The van der Waals surface area contributed by atoms with Gasteiger partial charge in [0.1, 0.15) is 28.9 Å². The number of ether oxygens (including phenoxy) is 2. The van der Waals surface area contributed by atoms with Crippen LogP contribution in [0.25, 0.3) is 11.0 Å². The van der Waals surface area contributed by atoms with Gasteiger partial charge in [0.2, 0.25) is 5.95 Å². The Morgan fingerprint density at radius 3 is 1.91 bits per heavy atom. The molecule has 2 heterocycles. The maximum Gasteiger partial charge on any atom is 0.225 e. The molecule has 32 heavy (non-hydrogen) atoms. The van der Waals surface area contributed by atoms with Gasteiger partial charge in [-0.15, -0.1) is 0 Å². The second-order valence-electron chi connectivity index (χ2n) is 6.67. The quantitative estimate of drug-likeness (QED) is 0.312. The number of benzene rings is 2. The highest BCUT2D eigenvalue weighted by atomic mass is 16.5. The number of aromatic nitrogens is 4. The lowest BCUT2D eigenvalue weighted by Crippen LogP contribution is -2.11. The van der Waals surface area contributed by atoms with Gasteiger partial charge < -0.3 is 30.5 Å². The SMILES string of the molecule is COc1ccc(Nc2nc(NCCO)nc3c(Nc4ccc(OC)cc4)ncnc23)cc1. The van der Waals surface area contributed by atoms with E-state index in [-0.39, 0.29) is 6.61 Å². The Labute approximate surface area is 184 Å². The standard InChI is InChI=1S/C22H23N7O3/c1-31-16-7-3-14(4-8-16)26-20-19-18(24-13-25-20)21(29-22(28-19)23-11-12-30)27-15-5-9-17(32-2)10-6-15/h3-10,13,30H,11-12H2,1-2H3,(H,24,25,26)(H2,23,27,28,29). The summed E-state index contributed by atoms with van der Waals surface area (Å²) in [6.07, 6.45) is 1.46. The highest BCUT2D eigenvalue weighted by Crippen LogP contribution is 2.29. The molecule has 10 nitrogen and oxygen atoms in total. The molecular weight excluding hydrogens is 410 g/mol. The summed E-state index contributed by atoms with van der Waals surface area (Å²) in [5.41, 5.74) is 2.69. The lowest BCUT2D eigenvalue weighted by atomic mass is 10.2. The number of aliphatic hydroxyl groups excluding tert-OH is 1. The van der Waals surface area contributed by atoms with Crippen molar-refractivity contribution < 1.29 is 14.6 Å².